The standard InChI is InChI=1S/C16H26N2O2/c1-6-7-13-8-12(15(19)20)9-14(18-13)17-10-11(2)16(3,4)5/h8-9,11H,6-7,10H2,1-5H3,(H,17,18)(H,19,20). The summed E-state index contributed by atoms with van der Waals surface area (Å²) in [5, 5.41) is 12.4. The van der Waals surface area contributed by atoms with Gasteiger partial charge in [0.1, 0.15) is 5.82 Å². The Labute approximate surface area is 121 Å². The molecule has 1 aromatic rings. The molecule has 0 aromatic carbocycles. The summed E-state index contributed by atoms with van der Waals surface area (Å²) in [5.41, 5.74) is 1.34. The lowest BCUT2D eigenvalue weighted by Crippen LogP contribution is -2.25. The molecule has 4 heteroatoms. The Bertz CT molecular complexity index is 464. The fourth-order valence-corrected chi connectivity index (χ4v) is 1.75. The molecule has 1 rings (SSSR count). The van der Waals surface area contributed by atoms with Crippen LogP contribution in [0.4, 0.5) is 5.82 Å². The molecule has 1 atom stereocenters. The zero-order chi connectivity index (χ0) is 15.3. The van der Waals surface area contributed by atoms with Crippen LogP contribution in [0.1, 0.15) is 57.1 Å². The predicted molar refractivity (Wildman–Crippen MR) is 82.3 cm³/mol. The number of rotatable bonds is 6. The third-order valence-corrected chi connectivity index (χ3v) is 3.70. The van der Waals surface area contributed by atoms with Crippen LogP contribution in [0, 0.1) is 11.3 Å². The molecule has 0 aliphatic rings. The van der Waals surface area contributed by atoms with Crippen molar-refractivity contribution in [2.45, 2.75) is 47.5 Å². The molecule has 0 fully saturated rings. The summed E-state index contributed by atoms with van der Waals surface area (Å²) < 4.78 is 0. The van der Waals surface area contributed by atoms with Gasteiger partial charge < -0.3 is 10.4 Å². The summed E-state index contributed by atoms with van der Waals surface area (Å²) in [6, 6.07) is 3.26. The van der Waals surface area contributed by atoms with Gasteiger partial charge in [0.25, 0.3) is 0 Å². The van der Waals surface area contributed by atoms with E-state index in [-0.39, 0.29) is 5.41 Å². The van der Waals surface area contributed by atoms with Crippen LogP contribution in [0.5, 0.6) is 0 Å². The van der Waals surface area contributed by atoms with Crippen molar-refractivity contribution in [1.82, 2.24) is 4.98 Å². The third kappa shape index (κ3) is 4.83. The van der Waals surface area contributed by atoms with Crippen molar-refractivity contribution in [1.29, 1.82) is 0 Å². The van der Waals surface area contributed by atoms with Gasteiger partial charge in [0.15, 0.2) is 0 Å². The average molecular weight is 278 g/mol. The van der Waals surface area contributed by atoms with Gasteiger partial charge in [-0.15, -0.1) is 0 Å². The van der Waals surface area contributed by atoms with E-state index < -0.39 is 5.97 Å². The molecule has 0 saturated carbocycles. The Morgan fingerprint density at radius 3 is 2.55 bits per heavy atom. The maximum absolute atomic E-state index is 11.2. The average Bonchev–Trinajstić information content (AvgIpc) is 2.34. The first-order valence-corrected chi connectivity index (χ1v) is 7.22. The van der Waals surface area contributed by atoms with Gasteiger partial charge in [0.2, 0.25) is 0 Å². The molecule has 0 saturated heterocycles. The largest absolute Gasteiger partial charge is 0.478 e. The van der Waals surface area contributed by atoms with E-state index in [1.165, 1.54) is 0 Å². The molecular weight excluding hydrogens is 252 g/mol. The van der Waals surface area contributed by atoms with Gasteiger partial charge in [-0.05, 0) is 29.9 Å². The zero-order valence-corrected chi connectivity index (χ0v) is 13.2. The molecule has 1 unspecified atom stereocenters. The number of aromatic nitrogens is 1. The van der Waals surface area contributed by atoms with Crippen molar-refractivity contribution in [3.8, 4) is 0 Å². The first-order valence-electron chi connectivity index (χ1n) is 7.22. The second-order valence-electron chi connectivity index (χ2n) is 6.44. The highest BCUT2D eigenvalue weighted by molar-refractivity contribution is 5.88. The number of carbonyl (C=O) groups is 1. The molecule has 1 aromatic heterocycles. The Morgan fingerprint density at radius 1 is 1.40 bits per heavy atom. The van der Waals surface area contributed by atoms with E-state index in [9.17, 15) is 4.79 Å². The van der Waals surface area contributed by atoms with E-state index in [0.29, 0.717) is 17.3 Å². The molecule has 2 N–H and O–H groups in total. The highest BCUT2D eigenvalue weighted by atomic mass is 16.4. The van der Waals surface area contributed by atoms with Crippen LogP contribution < -0.4 is 5.32 Å². The normalized spacial score (nSPS) is 13.1. The number of nitrogens with one attached hydrogen (secondary N) is 1. The molecule has 4 nitrogen and oxygen atoms in total. The maximum atomic E-state index is 11.2. The Balaban J connectivity index is 2.86. The number of hydrogen-bond acceptors (Lipinski definition) is 3. The molecule has 20 heavy (non-hydrogen) atoms. The summed E-state index contributed by atoms with van der Waals surface area (Å²) in [7, 11) is 0. The molecule has 0 bridgehead atoms. The molecule has 0 aliphatic heterocycles. The smallest absolute Gasteiger partial charge is 0.335 e. The Hall–Kier alpha value is -1.58. The number of anilines is 1. The lowest BCUT2D eigenvalue weighted by atomic mass is 9.82. The number of nitrogens with zero attached hydrogens (tertiary/aromatic N) is 1. The van der Waals surface area contributed by atoms with E-state index in [4.69, 9.17) is 5.11 Å². The maximum Gasteiger partial charge on any atom is 0.335 e. The van der Waals surface area contributed by atoms with Crippen molar-refractivity contribution in [3.05, 3.63) is 23.4 Å². The molecule has 112 valence electrons. The number of pyridine rings is 1. The van der Waals surface area contributed by atoms with Gasteiger partial charge in [-0.2, -0.15) is 0 Å². The SMILES string of the molecule is CCCc1cc(C(=O)O)cc(NCC(C)C(C)(C)C)n1. The predicted octanol–water partition coefficient (Wildman–Crippen LogP) is 3.83. The van der Waals surface area contributed by atoms with E-state index in [1.54, 1.807) is 12.1 Å². The molecule has 0 aliphatic carbocycles. The monoisotopic (exact) mass is 278 g/mol. The second-order valence-corrected chi connectivity index (χ2v) is 6.44. The summed E-state index contributed by atoms with van der Waals surface area (Å²) in [4.78, 5) is 15.6. The fraction of sp³-hybridized carbons (Fsp3) is 0.625. The zero-order valence-electron chi connectivity index (χ0n) is 13.2. The van der Waals surface area contributed by atoms with Crippen LogP contribution in [0.2, 0.25) is 0 Å². The van der Waals surface area contributed by atoms with E-state index in [1.807, 2.05) is 0 Å². The Morgan fingerprint density at radius 2 is 2.05 bits per heavy atom. The van der Waals surface area contributed by atoms with E-state index in [0.717, 1.165) is 25.1 Å². The first kappa shape index (κ1) is 16.5. The molecular formula is C16H26N2O2. The summed E-state index contributed by atoms with van der Waals surface area (Å²) >= 11 is 0. The second kappa shape index (κ2) is 6.73. The van der Waals surface area contributed by atoms with Crippen LogP contribution >= 0.6 is 0 Å². The Kier molecular flexibility index (Phi) is 5.54. The van der Waals surface area contributed by atoms with Crippen LogP contribution in [0.3, 0.4) is 0 Å². The van der Waals surface area contributed by atoms with Crippen molar-refractivity contribution < 1.29 is 9.90 Å². The lowest BCUT2D eigenvalue weighted by molar-refractivity contribution is 0.0696. The number of aryl methyl sites for hydroxylation is 1. The van der Waals surface area contributed by atoms with Crippen molar-refractivity contribution >= 4 is 11.8 Å². The van der Waals surface area contributed by atoms with E-state index >= 15 is 0 Å². The van der Waals surface area contributed by atoms with Gasteiger partial charge in [-0.1, -0.05) is 41.0 Å². The van der Waals surface area contributed by atoms with Crippen LogP contribution in [0.15, 0.2) is 12.1 Å². The minimum atomic E-state index is -0.906. The topological polar surface area (TPSA) is 62.2 Å². The summed E-state index contributed by atoms with van der Waals surface area (Å²) in [6.45, 7) is 11.6. The number of hydrogen-bond donors (Lipinski definition) is 2. The molecule has 0 radical (unpaired) electrons. The first-order chi connectivity index (χ1) is 9.24. The highest BCUT2D eigenvalue weighted by Crippen LogP contribution is 2.25. The number of aromatic carboxylic acids is 1. The summed E-state index contributed by atoms with van der Waals surface area (Å²) in [6.07, 6.45) is 1.75. The van der Waals surface area contributed by atoms with Crippen LogP contribution in [-0.4, -0.2) is 22.6 Å². The van der Waals surface area contributed by atoms with Crippen LogP contribution in [0.25, 0.3) is 0 Å². The summed E-state index contributed by atoms with van der Waals surface area (Å²) in [5.74, 6) is 0.216. The van der Waals surface area contributed by atoms with Gasteiger partial charge in [0.05, 0.1) is 5.56 Å². The quantitative estimate of drug-likeness (QED) is 0.830. The molecule has 1 heterocycles. The number of carboxylic acid groups (broad SMARTS) is 1. The van der Waals surface area contributed by atoms with Crippen molar-refractivity contribution in [2.75, 3.05) is 11.9 Å². The number of carboxylic acids is 1. The minimum absolute atomic E-state index is 0.212. The molecule has 0 spiro atoms. The lowest BCUT2D eigenvalue weighted by Gasteiger charge is -2.27. The van der Waals surface area contributed by atoms with Gasteiger partial charge in [-0.25, -0.2) is 9.78 Å². The third-order valence-electron chi connectivity index (χ3n) is 3.70. The fourth-order valence-electron chi connectivity index (χ4n) is 1.75. The van der Waals surface area contributed by atoms with Gasteiger partial charge >= 0.3 is 5.97 Å². The van der Waals surface area contributed by atoms with Gasteiger partial charge in [-0.3, -0.25) is 0 Å². The van der Waals surface area contributed by atoms with Crippen molar-refractivity contribution in [2.24, 2.45) is 11.3 Å². The van der Waals surface area contributed by atoms with E-state index in [2.05, 4.69) is 44.9 Å². The highest BCUT2D eigenvalue weighted by Gasteiger charge is 2.19. The molecule has 0 amide bonds. The van der Waals surface area contributed by atoms with Crippen LogP contribution in [-0.2, 0) is 6.42 Å². The minimum Gasteiger partial charge on any atom is -0.478 e. The van der Waals surface area contributed by atoms with Crippen molar-refractivity contribution in [3.63, 3.8) is 0 Å². The van der Waals surface area contributed by atoms with Gasteiger partial charge in [0, 0.05) is 12.2 Å².